The molecule has 6 nitrogen and oxygen atoms in total. The third-order valence-corrected chi connectivity index (χ3v) is 1.94. The average Bonchev–Trinajstić information content (AvgIpc) is 2.52. The summed E-state index contributed by atoms with van der Waals surface area (Å²) in [6.07, 6.45) is 0.477. The van der Waals surface area contributed by atoms with E-state index in [0.29, 0.717) is 18.9 Å². The Bertz CT molecular complexity index is 323. The second-order valence-corrected chi connectivity index (χ2v) is 3.30. The largest absolute Gasteiger partial charge is 0.336 e. The van der Waals surface area contributed by atoms with Crippen molar-refractivity contribution in [2.75, 3.05) is 11.4 Å². The first-order valence-corrected chi connectivity index (χ1v) is 4.52. The molecule has 0 radical (unpaired) electrons. The van der Waals surface area contributed by atoms with Gasteiger partial charge in [0, 0.05) is 19.6 Å². The second-order valence-electron chi connectivity index (χ2n) is 3.30. The number of hydrogen-bond acceptors (Lipinski definition) is 5. The minimum Gasteiger partial charge on any atom is -0.336 e. The van der Waals surface area contributed by atoms with Crippen molar-refractivity contribution in [2.24, 2.45) is 7.05 Å². The van der Waals surface area contributed by atoms with E-state index in [-0.39, 0.29) is 6.04 Å². The van der Waals surface area contributed by atoms with Crippen molar-refractivity contribution < 1.29 is 0 Å². The quantitative estimate of drug-likeness (QED) is 0.691. The minimum atomic E-state index is 0.285. The molecule has 0 aliphatic heterocycles. The molecule has 0 saturated heterocycles. The molecule has 1 aromatic rings. The van der Waals surface area contributed by atoms with Gasteiger partial charge in [0.1, 0.15) is 0 Å². The number of aryl methyl sites for hydroxylation is 1. The van der Waals surface area contributed by atoms with Crippen LogP contribution in [0.4, 0.5) is 5.95 Å². The summed E-state index contributed by atoms with van der Waals surface area (Å²) in [5.41, 5.74) is 0. The van der Waals surface area contributed by atoms with Crippen molar-refractivity contribution >= 4 is 5.95 Å². The Hall–Kier alpha value is -1.64. The topological polar surface area (TPSA) is 70.6 Å². The zero-order chi connectivity index (χ0) is 10.6. The van der Waals surface area contributed by atoms with Gasteiger partial charge in [0.05, 0.1) is 12.5 Å². The smallest absolute Gasteiger partial charge is 0.245 e. The third kappa shape index (κ3) is 2.19. The molecule has 1 rings (SSSR count). The maximum absolute atomic E-state index is 8.53. The summed E-state index contributed by atoms with van der Waals surface area (Å²) >= 11 is 0. The molecule has 0 amide bonds. The summed E-state index contributed by atoms with van der Waals surface area (Å²) in [5, 5.41) is 19.8. The summed E-state index contributed by atoms with van der Waals surface area (Å²) in [6.45, 7) is 4.75. The number of rotatable bonds is 4. The first-order chi connectivity index (χ1) is 6.66. The minimum absolute atomic E-state index is 0.285. The highest BCUT2D eigenvalue weighted by atomic mass is 15.6. The molecular weight excluding hydrogens is 180 g/mol. The summed E-state index contributed by atoms with van der Waals surface area (Å²) < 4.78 is 1.61. The Balaban J connectivity index is 2.79. The van der Waals surface area contributed by atoms with Gasteiger partial charge in [0.2, 0.25) is 5.95 Å². The molecule has 0 fully saturated rings. The summed E-state index contributed by atoms with van der Waals surface area (Å²) in [4.78, 5) is 2.00. The lowest BCUT2D eigenvalue weighted by molar-refractivity contribution is 0.629. The first-order valence-electron chi connectivity index (χ1n) is 4.52. The number of tetrazole rings is 1. The fraction of sp³-hybridized carbons (Fsp3) is 0.750. The first kappa shape index (κ1) is 10.4. The van der Waals surface area contributed by atoms with Gasteiger partial charge in [-0.25, -0.2) is 4.68 Å². The third-order valence-electron chi connectivity index (χ3n) is 1.94. The molecule has 0 saturated carbocycles. The van der Waals surface area contributed by atoms with Crippen molar-refractivity contribution in [3.63, 3.8) is 0 Å². The Labute approximate surface area is 83.1 Å². The number of nitriles is 1. The van der Waals surface area contributed by atoms with E-state index in [1.54, 1.807) is 11.7 Å². The van der Waals surface area contributed by atoms with Crippen LogP contribution in [0, 0.1) is 11.3 Å². The Morgan fingerprint density at radius 1 is 1.57 bits per heavy atom. The van der Waals surface area contributed by atoms with Crippen LogP contribution in [-0.4, -0.2) is 32.8 Å². The number of hydrogen-bond donors (Lipinski definition) is 0. The van der Waals surface area contributed by atoms with E-state index in [0.717, 1.165) is 0 Å². The Morgan fingerprint density at radius 3 is 2.71 bits per heavy atom. The number of aromatic nitrogens is 4. The molecule has 14 heavy (non-hydrogen) atoms. The Kier molecular flexibility index (Phi) is 3.40. The van der Waals surface area contributed by atoms with Crippen molar-refractivity contribution in [2.45, 2.75) is 26.3 Å². The van der Waals surface area contributed by atoms with E-state index in [4.69, 9.17) is 5.26 Å². The average molecular weight is 194 g/mol. The molecule has 0 aliphatic carbocycles. The van der Waals surface area contributed by atoms with Crippen LogP contribution in [0.5, 0.6) is 0 Å². The summed E-state index contributed by atoms with van der Waals surface area (Å²) in [7, 11) is 1.79. The Morgan fingerprint density at radius 2 is 2.29 bits per heavy atom. The molecule has 6 heteroatoms. The van der Waals surface area contributed by atoms with Gasteiger partial charge in [-0.15, -0.1) is 0 Å². The molecule has 0 bridgehead atoms. The van der Waals surface area contributed by atoms with Crippen LogP contribution in [0.15, 0.2) is 0 Å². The molecule has 0 unspecified atom stereocenters. The molecule has 76 valence electrons. The highest BCUT2D eigenvalue weighted by molar-refractivity contribution is 5.29. The SMILES string of the molecule is CC(C)N(CCC#N)c1nnnn1C. The fourth-order valence-corrected chi connectivity index (χ4v) is 1.23. The van der Waals surface area contributed by atoms with Crippen molar-refractivity contribution in [1.29, 1.82) is 5.26 Å². The molecular formula is C8H14N6. The van der Waals surface area contributed by atoms with E-state index >= 15 is 0 Å². The lowest BCUT2D eigenvalue weighted by atomic mass is 10.3. The van der Waals surface area contributed by atoms with Gasteiger partial charge in [0.15, 0.2) is 0 Å². The van der Waals surface area contributed by atoms with Crippen LogP contribution >= 0.6 is 0 Å². The summed E-state index contributed by atoms with van der Waals surface area (Å²) in [6, 6.07) is 2.40. The highest BCUT2D eigenvalue weighted by Gasteiger charge is 2.15. The standard InChI is InChI=1S/C8H14N6/c1-7(2)14(6-4-5-9)8-10-11-12-13(8)3/h7H,4,6H2,1-3H3. The van der Waals surface area contributed by atoms with Crippen LogP contribution in [0.2, 0.25) is 0 Å². The predicted molar refractivity (Wildman–Crippen MR) is 51.5 cm³/mol. The highest BCUT2D eigenvalue weighted by Crippen LogP contribution is 2.10. The monoisotopic (exact) mass is 194 g/mol. The van der Waals surface area contributed by atoms with Crippen LogP contribution in [-0.2, 0) is 7.05 Å². The van der Waals surface area contributed by atoms with Crippen LogP contribution in [0.25, 0.3) is 0 Å². The maximum atomic E-state index is 8.53. The van der Waals surface area contributed by atoms with E-state index in [1.807, 2.05) is 18.7 Å². The van der Waals surface area contributed by atoms with Gasteiger partial charge in [-0.1, -0.05) is 5.10 Å². The number of nitrogens with zero attached hydrogens (tertiary/aromatic N) is 6. The molecule has 0 aliphatic rings. The predicted octanol–water partition coefficient (Wildman–Crippen LogP) is 0.339. The van der Waals surface area contributed by atoms with Gasteiger partial charge in [0.25, 0.3) is 0 Å². The number of anilines is 1. The molecule has 0 atom stereocenters. The van der Waals surface area contributed by atoms with Crippen LogP contribution in [0.3, 0.4) is 0 Å². The molecule has 1 heterocycles. The molecule has 0 spiro atoms. The van der Waals surface area contributed by atoms with Crippen LogP contribution < -0.4 is 4.90 Å². The molecule has 0 N–H and O–H groups in total. The van der Waals surface area contributed by atoms with E-state index in [9.17, 15) is 0 Å². The van der Waals surface area contributed by atoms with Gasteiger partial charge >= 0.3 is 0 Å². The van der Waals surface area contributed by atoms with Crippen LogP contribution in [0.1, 0.15) is 20.3 Å². The lowest BCUT2D eigenvalue weighted by Crippen LogP contribution is -2.33. The molecule has 1 aromatic heterocycles. The lowest BCUT2D eigenvalue weighted by Gasteiger charge is -2.25. The second kappa shape index (κ2) is 4.56. The van der Waals surface area contributed by atoms with Gasteiger partial charge in [-0.2, -0.15) is 5.26 Å². The summed E-state index contributed by atoms with van der Waals surface area (Å²) in [5.74, 6) is 0.704. The van der Waals surface area contributed by atoms with Gasteiger partial charge in [-0.05, 0) is 24.3 Å². The van der Waals surface area contributed by atoms with Gasteiger partial charge in [-0.3, -0.25) is 0 Å². The van der Waals surface area contributed by atoms with Gasteiger partial charge < -0.3 is 4.90 Å². The fourth-order valence-electron chi connectivity index (χ4n) is 1.23. The van der Waals surface area contributed by atoms with Crippen molar-refractivity contribution in [3.05, 3.63) is 0 Å². The normalized spacial score (nSPS) is 10.2. The van der Waals surface area contributed by atoms with Crippen molar-refractivity contribution in [3.8, 4) is 6.07 Å². The van der Waals surface area contributed by atoms with E-state index in [1.165, 1.54) is 0 Å². The maximum Gasteiger partial charge on any atom is 0.245 e. The van der Waals surface area contributed by atoms with E-state index in [2.05, 4.69) is 21.6 Å². The zero-order valence-corrected chi connectivity index (χ0v) is 8.67. The van der Waals surface area contributed by atoms with E-state index < -0.39 is 0 Å². The molecule has 0 aromatic carbocycles. The van der Waals surface area contributed by atoms with Crippen molar-refractivity contribution in [1.82, 2.24) is 20.2 Å². The zero-order valence-electron chi connectivity index (χ0n) is 8.67.